The van der Waals surface area contributed by atoms with E-state index >= 15 is 0 Å². The molecule has 3 amide bonds. The number of nitrogens with two attached hydrogens (primary N) is 1. The number of halogens is 3. The normalized spacial score (nSPS) is 25.3. The van der Waals surface area contributed by atoms with Gasteiger partial charge in [-0.15, -0.1) is 0 Å². The van der Waals surface area contributed by atoms with Crippen LogP contribution in [0.5, 0.6) is 5.75 Å². The molecule has 0 unspecified atom stereocenters. The summed E-state index contributed by atoms with van der Waals surface area (Å²) in [5.41, 5.74) is 1.35. The third-order valence-electron chi connectivity index (χ3n) is 7.20. The number of aromatic hydroxyl groups is 1. The third-order valence-corrected chi connectivity index (χ3v) is 7.20. The average Bonchev–Trinajstić information content (AvgIpc) is 3.06. The number of amides is 3. The molecule has 36 heavy (non-hydrogen) atoms. The zero-order chi connectivity index (χ0) is 26.1. The van der Waals surface area contributed by atoms with Crippen molar-refractivity contribution in [1.29, 1.82) is 0 Å². The lowest BCUT2D eigenvalue weighted by Gasteiger charge is -2.42. The number of hydrogen-bond donors (Lipinski definition) is 2. The van der Waals surface area contributed by atoms with Gasteiger partial charge >= 0.3 is 0 Å². The molecular weight excluding hydrogens is 485 g/mol. The van der Waals surface area contributed by atoms with E-state index in [1.807, 2.05) is 0 Å². The molecule has 0 aliphatic carbocycles. The molecule has 190 valence electrons. The van der Waals surface area contributed by atoms with Crippen LogP contribution in [-0.2, 0) is 16.2 Å². The molecule has 1 spiro atoms. The number of hydroxylamine groups is 2. The van der Waals surface area contributed by atoms with E-state index in [0.29, 0.717) is 18.6 Å². The maximum absolute atomic E-state index is 14.3. The highest BCUT2D eigenvalue weighted by molar-refractivity contribution is 5.99. The maximum Gasteiger partial charge on any atom is 0.274 e. The first-order chi connectivity index (χ1) is 16.9. The first-order valence-corrected chi connectivity index (χ1v) is 11.2. The highest BCUT2D eigenvalue weighted by Gasteiger charge is 2.56. The Morgan fingerprint density at radius 1 is 1.22 bits per heavy atom. The topological polar surface area (TPSA) is 135 Å². The monoisotopic (exact) mass is 506 g/mol. The lowest BCUT2D eigenvalue weighted by molar-refractivity contribution is -0.218. The van der Waals surface area contributed by atoms with E-state index in [9.17, 15) is 37.5 Å². The van der Waals surface area contributed by atoms with Gasteiger partial charge in [0, 0.05) is 36.5 Å². The molecule has 3 atom stereocenters. The van der Waals surface area contributed by atoms with Crippen LogP contribution in [0.4, 0.5) is 13.2 Å². The number of rotatable bonds is 3. The van der Waals surface area contributed by atoms with Gasteiger partial charge in [0.15, 0.2) is 11.4 Å². The second-order valence-electron chi connectivity index (χ2n) is 9.31. The Kier molecular flexibility index (Phi) is 5.36. The predicted octanol–water partition coefficient (Wildman–Crippen LogP) is 1.35. The number of benzene rings is 1. The Hall–Kier alpha value is -3.87. The van der Waals surface area contributed by atoms with Gasteiger partial charge in [-0.3, -0.25) is 24.0 Å². The summed E-state index contributed by atoms with van der Waals surface area (Å²) in [5, 5.41) is 11.4. The van der Waals surface area contributed by atoms with Crippen molar-refractivity contribution >= 4 is 17.7 Å². The Labute approximate surface area is 201 Å². The molecule has 3 aliphatic heterocycles. The summed E-state index contributed by atoms with van der Waals surface area (Å²) in [7, 11) is 0. The van der Waals surface area contributed by atoms with Gasteiger partial charge in [-0.2, -0.15) is 0 Å². The van der Waals surface area contributed by atoms with Gasteiger partial charge in [-0.05, 0) is 19.8 Å². The van der Waals surface area contributed by atoms with Crippen molar-refractivity contribution in [3.05, 3.63) is 62.8 Å². The molecule has 5 rings (SSSR count). The van der Waals surface area contributed by atoms with Gasteiger partial charge in [0.25, 0.3) is 11.8 Å². The lowest BCUT2D eigenvalue weighted by atomic mass is 9.85. The molecule has 2 saturated heterocycles. The van der Waals surface area contributed by atoms with Crippen LogP contribution in [0.25, 0.3) is 0 Å². The van der Waals surface area contributed by atoms with Crippen LogP contribution in [0.3, 0.4) is 0 Å². The first kappa shape index (κ1) is 23.9. The van der Waals surface area contributed by atoms with E-state index in [2.05, 4.69) is 0 Å². The van der Waals surface area contributed by atoms with Crippen molar-refractivity contribution in [2.75, 3.05) is 6.54 Å². The summed E-state index contributed by atoms with van der Waals surface area (Å²) in [6.45, 7) is 1.13. The van der Waals surface area contributed by atoms with Crippen molar-refractivity contribution in [1.82, 2.24) is 14.5 Å². The first-order valence-electron chi connectivity index (χ1n) is 11.2. The van der Waals surface area contributed by atoms with Gasteiger partial charge in [-0.25, -0.2) is 18.2 Å². The van der Waals surface area contributed by atoms with Crippen LogP contribution < -0.4 is 11.2 Å². The smallest absolute Gasteiger partial charge is 0.274 e. The minimum atomic E-state index is -1.35. The summed E-state index contributed by atoms with van der Waals surface area (Å²) in [4.78, 5) is 58.0. The summed E-state index contributed by atoms with van der Waals surface area (Å²) in [6.07, 6.45) is 1.39. The second-order valence-corrected chi connectivity index (χ2v) is 9.31. The fourth-order valence-electron chi connectivity index (χ4n) is 5.27. The molecule has 1 aromatic heterocycles. The maximum atomic E-state index is 14.3. The van der Waals surface area contributed by atoms with Crippen LogP contribution >= 0.6 is 0 Å². The molecular formula is C23H21F3N4O6. The highest BCUT2D eigenvalue weighted by Crippen LogP contribution is 2.47. The predicted molar refractivity (Wildman–Crippen MR) is 115 cm³/mol. The van der Waals surface area contributed by atoms with Crippen molar-refractivity contribution < 1.29 is 37.5 Å². The van der Waals surface area contributed by atoms with Crippen molar-refractivity contribution in [3.63, 3.8) is 0 Å². The molecule has 3 N–H and O–H groups in total. The molecule has 10 nitrogen and oxygen atoms in total. The average molecular weight is 506 g/mol. The fraction of sp³-hybridized carbons (Fsp3) is 0.391. The zero-order valence-electron chi connectivity index (χ0n) is 19.0. The minimum Gasteiger partial charge on any atom is -0.503 e. The van der Waals surface area contributed by atoms with Crippen molar-refractivity contribution in [2.24, 2.45) is 5.73 Å². The van der Waals surface area contributed by atoms with Gasteiger partial charge in [0.1, 0.15) is 28.6 Å². The second kappa shape index (κ2) is 8.08. The number of aromatic nitrogens is 1. The van der Waals surface area contributed by atoms with Crippen LogP contribution in [0.15, 0.2) is 23.1 Å². The lowest BCUT2D eigenvalue weighted by Crippen LogP contribution is -2.52. The number of primary amides is 1. The van der Waals surface area contributed by atoms with Crippen molar-refractivity contribution in [2.45, 2.75) is 50.4 Å². The van der Waals surface area contributed by atoms with E-state index in [1.54, 1.807) is 6.92 Å². The van der Waals surface area contributed by atoms with Gasteiger partial charge in [0.2, 0.25) is 11.3 Å². The van der Waals surface area contributed by atoms with Crippen molar-refractivity contribution in [3.8, 4) is 5.75 Å². The molecule has 1 aromatic carbocycles. The molecule has 2 aromatic rings. The van der Waals surface area contributed by atoms with Gasteiger partial charge < -0.3 is 20.3 Å². The van der Waals surface area contributed by atoms with E-state index in [-0.39, 0.29) is 31.1 Å². The molecule has 2 fully saturated rings. The van der Waals surface area contributed by atoms with E-state index < -0.39 is 75.7 Å². The van der Waals surface area contributed by atoms with E-state index in [0.717, 1.165) is 11.3 Å². The van der Waals surface area contributed by atoms with E-state index in [1.165, 1.54) is 9.47 Å². The largest absolute Gasteiger partial charge is 0.503 e. The number of nitrogens with zero attached hydrogens (tertiary/aromatic N) is 3. The Balaban J connectivity index is 1.60. The minimum absolute atomic E-state index is 0.00784. The van der Waals surface area contributed by atoms with Crippen LogP contribution in [0.2, 0.25) is 0 Å². The Bertz CT molecular complexity index is 1370. The van der Waals surface area contributed by atoms with E-state index in [4.69, 9.17) is 10.6 Å². The number of fused-ring (bicyclic) bond motifs is 5. The molecule has 0 saturated carbocycles. The Morgan fingerprint density at radius 3 is 2.53 bits per heavy atom. The zero-order valence-corrected chi connectivity index (χ0v) is 19.0. The fourth-order valence-corrected chi connectivity index (χ4v) is 5.27. The standard InChI is InChI=1S/C23H21F3N4O6/c1-10-2-3-23(6-17(31)30(36-23)8-12-14(25)4-11(24)5-15(12)26)16-9-28(10)22(35)18-20(33)19(32)13(21(27)34)7-29(16)18/h4-5,7,10,16,33H,2-3,6,8-9H2,1H3,(H2,27,34)/t10-,16+,23-/m0/s1. The molecule has 3 aliphatic rings. The number of hydrogen-bond acceptors (Lipinski definition) is 6. The molecule has 0 radical (unpaired) electrons. The third kappa shape index (κ3) is 3.45. The Morgan fingerprint density at radius 2 is 1.89 bits per heavy atom. The summed E-state index contributed by atoms with van der Waals surface area (Å²) < 4.78 is 43.1. The summed E-state index contributed by atoms with van der Waals surface area (Å²) >= 11 is 0. The van der Waals surface area contributed by atoms with Crippen LogP contribution in [0, 0.1) is 17.5 Å². The van der Waals surface area contributed by atoms with Gasteiger partial charge in [-0.1, -0.05) is 0 Å². The number of carbonyl (C=O) groups is 3. The number of carbonyl (C=O) groups excluding carboxylic acids is 3. The van der Waals surface area contributed by atoms with Gasteiger partial charge in [0.05, 0.1) is 19.0 Å². The van der Waals surface area contributed by atoms with Crippen LogP contribution in [0.1, 0.15) is 58.6 Å². The summed E-state index contributed by atoms with van der Waals surface area (Å²) in [5.74, 6) is -6.81. The molecule has 2 bridgehead atoms. The highest BCUT2D eigenvalue weighted by atomic mass is 19.1. The molecule has 4 heterocycles. The summed E-state index contributed by atoms with van der Waals surface area (Å²) in [6, 6.07) is -0.240. The SMILES string of the molecule is C[C@H]1CC[C@]2(CC(=O)N(Cc3c(F)cc(F)cc3F)O2)[C@H]2CN1C(=O)c1c(O)c(=O)c(C(N)=O)cn12. The number of pyridine rings is 1. The molecule has 13 heteroatoms. The quantitative estimate of drug-likeness (QED) is 0.646. The van der Waals surface area contributed by atoms with Crippen LogP contribution in [-0.4, -0.2) is 55.5 Å².